The minimum atomic E-state index is -0.00546. The van der Waals surface area contributed by atoms with Crippen molar-refractivity contribution < 1.29 is 9.47 Å². The summed E-state index contributed by atoms with van der Waals surface area (Å²) >= 11 is 3.32. The predicted molar refractivity (Wildman–Crippen MR) is 56.6 cm³/mol. The van der Waals surface area contributed by atoms with E-state index in [0.29, 0.717) is 6.61 Å². The highest BCUT2D eigenvalue weighted by Gasteiger charge is 2.05. The minimum absolute atomic E-state index is 0.00546. The molecular formula is C10H13BrO2. The van der Waals surface area contributed by atoms with E-state index in [1.54, 1.807) is 0 Å². The lowest BCUT2D eigenvalue weighted by Crippen LogP contribution is -2.03. The monoisotopic (exact) mass is 244 g/mol. The van der Waals surface area contributed by atoms with Crippen LogP contribution in [0.2, 0.25) is 0 Å². The van der Waals surface area contributed by atoms with Crippen LogP contribution in [-0.2, 0) is 0 Å². The van der Waals surface area contributed by atoms with Crippen molar-refractivity contribution in [1.82, 2.24) is 0 Å². The van der Waals surface area contributed by atoms with Gasteiger partial charge < -0.3 is 9.47 Å². The molecule has 2 nitrogen and oxygen atoms in total. The van der Waals surface area contributed by atoms with Crippen molar-refractivity contribution in [1.29, 1.82) is 0 Å². The standard InChI is InChI=1S/C10H13BrO2/c1-3-12-9-6-4-5-7-10(9)13-8(2)11/h4-8H,3H2,1-2H3. The van der Waals surface area contributed by atoms with Crippen molar-refractivity contribution in [2.24, 2.45) is 0 Å². The molecular weight excluding hydrogens is 232 g/mol. The van der Waals surface area contributed by atoms with Gasteiger partial charge in [0.05, 0.1) is 6.61 Å². The Bertz CT molecular complexity index is 261. The Kier molecular flexibility index (Phi) is 4.09. The summed E-state index contributed by atoms with van der Waals surface area (Å²) < 4.78 is 10.9. The van der Waals surface area contributed by atoms with Gasteiger partial charge in [-0.2, -0.15) is 0 Å². The van der Waals surface area contributed by atoms with Crippen LogP contribution in [0.15, 0.2) is 24.3 Å². The molecule has 0 aliphatic rings. The molecule has 1 rings (SSSR count). The molecule has 72 valence electrons. The summed E-state index contributed by atoms with van der Waals surface area (Å²) in [6.45, 7) is 4.52. The lowest BCUT2D eigenvalue weighted by Gasteiger charge is -2.12. The fourth-order valence-corrected chi connectivity index (χ4v) is 1.20. The van der Waals surface area contributed by atoms with Gasteiger partial charge in [0.25, 0.3) is 0 Å². The van der Waals surface area contributed by atoms with Gasteiger partial charge in [0.15, 0.2) is 16.5 Å². The summed E-state index contributed by atoms with van der Waals surface area (Å²) in [4.78, 5) is 0. The van der Waals surface area contributed by atoms with Gasteiger partial charge in [-0.25, -0.2) is 0 Å². The Hall–Kier alpha value is -0.700. The third-order valence-corrected chi connectivity index (χ3v) is 1.63. The zero-order chi connectivity index (χ0) is 9.68. The Morgan fingerprint density at radius 3 is 2.46 bits per heavy atom. The first-order valence-electron chi connectivity index (χ1n) is 4.26. The quantitative estimate of drug-likeness (QED) is 0.758. The molecule has 0 aromatic heterocycles. The molecule has 0 saturated heterocycles. The fraction of sp³-hybridized carbons (Fsp3) is 0.400. The summed E-state index contributed by atoms with van der Waals surface area (Å²) in [6.07, 6.45) is 0. The van der Waals surface area contributed by atoms with Gasteiger partial charge >= 0.3 is 0 Å². The van der Waals surface area contributed by atoms with E-state index in [0.717, 1.165) is 11.5 Å². The third kappa shape index (κ3) is 3.27. The number of halogens is 1. The van der Waals surface area contributed by atoms with E-state index in [2.05, 4.69) is 15.9 Å². The number of para-hydroxylation sites is 2. The normalized spacial score (nSPS) is 12.2. The summed E-state index contributed by atoms with van der Waals surface area (Å²) in [5, 5.41) is -0.00546. The van der Waals surface area contributed by atoms with Crippen LogP contribution >= 0.6 is 15.9 Å². The first-order valence-corrected chi connectivity index (χ1v) is 5.18. The van der Waals surface area contributed by atoms with E-state index in [1.165, 1.54) is 0 Å². The largest absolute Gasteiger partial charge is 0.490 e. The molecule has 0 spiro atoms. The van der Waals surface area contributed by atoms with Gasteiger partial charge in [-0.3, -0.25) is 0 Å². The van der Waals surface area contributed by atoms with E-state index in [1.807, 2.05) is 38.1 Å². The van der Waals surface area contributed by atoms with Crippen LogP contribution < -0.4 is 9.47 Å². The second-order valence-corrected chi connectivity index (χ2v) is 3.83. The molecule has 0 fully saturated rings. The second-order valence-electron chi connectivity index (χ2n) is 2.54. The van der Waals surface area contributed by atoms with Crippen LogP contribution in [0, 0.1) is 0 Å². The van der Waals surface area contributed by atoms with E-state index in [4.69, 9.17) is 9.47 Å². The zero-order valence-corrected chi connectivity index (χ0v) is 9.37. The molecule has 0 bridgehead atoms. The number of hydrogen-bond acceptors (Lipinski definition) is 2. The molecule has 13 heavy (non-hydrogen) atoms. The van der Waals surface area contributed by atoms with Gasteiger partial charge in [-0.15, -0.1) is 0 Å². The van der Waals surface area contributed by atoms with Gasteiger partial charge in [-0.05, 0) is 41.9 Å². The maximum absolute atomic E-state index is 5.49. The van der Waals surface area contributed by atoms with Crippen molar-refractivity contribution in [3.05, 3.63) is 24.3 Å². The molecule has 0 aliphatic carbocycles. The third-order valence-electron chi connectivity index (χ3n) is 1.44. The topological polar surface area (TPSA) is 18.5 Å². The molecule has 0 radical (unpaired) electrons. The van der Waals surface area contributed by atoms with Gasteiger partial charge in [0, 0.05) is 0 Å². The predicted octanol–water partition coefficient (Wildman–Crippen LogP) is 3.21. The minimum Gasteiger partial charge on any atom is -0.490 e. The molecule has 0 saturated carbocycles. The smallest absolute Gasteiger partial charge is 0.162 e. The molecule has 0 amide bonds. The summed E-state index contributed by atoms with van der Waals surface area (Å²) in [5.74, 6) is 1.56. The highest BCUT2D eigenvalue weighted by molar-refractivity contribution is 9.09. The molecule has 1 unspecified atom stereocenters. The number of ether oxygens (including phenoxy) is 2. The first-order chi connectivity index (χ1) is 6.24. The van der Waals surface area contributed by atoms with Crippen LogP contribution in [0.25, 0.3) is 0 Å². The lowest BCUT2D eigenvalue weighted by atomic mass is 10.3. The van der Waals surface area contributed by atoms with Crippen molar-refractivity contribution in [2.45, 2.75) is 18.9 Å². The molecule has 1 atom stereocenters. The van der Waals surface area contributed by atoms with E-state index in [9.17, 15) is 0 Å². The molecule has 1 aromatic rings. The molecule has 0 N–H and O–H groups in total. The zero-order valence-electron chi connectivity index (χ0n) is 7.79. The van der Waals surface area contributed by atoms with Gasteiger partial charge in [0.1, 0.15) is 0 Å². The van der Waals surface area contributed by atoms with Crippen LogP contribution in [0.4, 0.5) is 0 Å². The number of benzene rings is 1. The number of rotatable bonds is 4. The molecule has 3 heteroatoms. The van der Waals surface area contributed by atoms with Crippen LogP contribution in [0.3, 0.4) is 0 Å². The first kappa shape index (κ1) is 10.4. The maximum Gasteiger partial charge on any atom is 0.162 e. The van der Waals surface area contributed by atoms with Crippen molar-refractivity contribution in [3.8, 4) is 11.5 Å². The fourth-order valence-electron chi connectivity index (χ4n) is 0.997. The number of alkyl halides is 1. The average Bonchev–Trinajstić information content (AvgIpc) is 2.08. The summed E-state index contributed by atoms with van der Waals surface area (Å²) in [7, 11) is 0. The Morgan fingerprint density at radius 2 is 1.92 bits per heavy atom. The maximum atomic E-state index is 5.49. The van der Waals surface area contributed by atoms with Crippen LogP contribution in [-0.4, -0.2) is 11.6 Å². The Labute approximate surface area is 87.0 Å². The van der Waals surface area contributed by atoms with E-state index < -0.39 is 0 Å². The summed E-state index contributed by atoms with van der Waals surface area (Å²) in [6, 6.07) is 7.64. The van der Waals surface area contributed by atoms with Gasteiger partial charge in [-0.1, -0.05) is 12.1 Å². The average molecular weight is 245 g/mol. The summed E-state index contributed by atoms with van der Waals surface area (Å²) in [5.41, 5.74) is 0. The van der Waals surface area contributed by atoms with Crippen molar-refractivity contribution in [3.63, 3.8) is 0 Å². The van der Waals surface area contributed by atoms with Crippen molar-refractivity contribution in [2.75, 3.05) is 6.61 Å². The van der Waals surface area contributed by atoms with Gasteiger partial charge in [0.2, 0.25) is 0 Å². The lowest BCUT2D eigenvalue weighted by molar-refractivity contribution is 0.274. The SMILES string of the molecule is CCOc1ccccc1OC(C)Br. The highest BCUT2D eigenvalue weighted by atomic mass is 79.9. The Morgan fingerprint density at radius 1 is 1.31 bits per heavy atom. The van der Waals surface area contributed by atoms with Crippen LogP contribution in [0.5, 0.6) is 11.5 Å². The van der Waals surface area contributed by atoms with E-state index >= 15 is 0 Å². The molecule has 1 aromatic carbocycles. The highest BCUT2D eigenvalue weighted by Crippen LogP contribution is 2.27. The van der Waals surface area contributed by atoms with E-state index in [-0.39, 0.29) is 5.01 Å². The van der Waals surface area contributed by atoms with Crippen LogP contribution in [0.1, 0.15) is 13.8 Å². The number of hydrogen-bond donors (Lipinski definition) is 0. The second kappa shape index (κ2) is 5.12. The Balaban J connectivity index is 2.78. The molecule has 0 aliphatic heterocycles. The molecule has 0 heterocycles. The van der Waals surface area contributed by atoms with Crippen molar-refractivity contribution >= 4 is 15.9 Å².